The predicted molar refractivity (Wildman–Crippen MR) is 69.2 cm³/mol. The summed E-state index contributed by atoms with van der Waals surface area (Å²) >= 11 is 0. The molecule has 0 aliphatic rings. The van der Waals surface area contributed by atoms with Crippen LogP contribution in [0, 0.1) is 0 Å². The van der Waals surface area contributed by atoms with Gasteiger partial charge < -0.3 is 10.1 Å². The second-order valence-electron chi connectivity index (χ2n) is 3.49. The van der Waals surface area contributed by atoms with Gasteiger partial charge in [0, 0.05) is 6.54 Å². The van der Waals surface area contributed by atoms with Crippen molar-refractivity contribution < 1.29 is 4.74 Å². The zero-order valence-corrected chi connectivity index (χ0v) is 10.8. The molecule has 2 rings (SSSR count). The first-order chi connectivity index (χ1) is 9.33. The van der Waals surface area contributed by atoms with Crippen molar-refractivity contribution >= 4 is 5.95 Å². The maximum absolute atomic E-state index is 5.42. The van der Waals surface area contributed by atoms with E-state index in [-0.39, 0.29) is 6.01 Å². The highest BCUT2D eigenvalue weighted by atomic mass is 16.5. The van der Waals surface area contributed by atoms with Crippen LogP contribution in [0.1, 0.15) is 13.8 Å². The highest BCUT2D eigenvalue weighted by Crippen LogP contribution is 2.10. The average Bonchev–Trinajstić information content (AvgIpc) is 2.93. The summed E-state index contributed by atoms with van der Waals surface area (Å²) < 4.78 is 6.87. The van der Waals surface area contributed by atoms with E-state index in [1.807, 2.05) is 26.0 Å². The summed E-state index contributed by atoms with van der Waals surface area (Å²) in [6.45, 7) is 4.99. The van der Waals surface area contributed by atoms with Crippen LogP contribution in [-0.4, -0.2) is 42.9 Å². The average molecular weight is 261 g/mol. The Hall–Kier alpha value is -2.51. The third-order valence-electron chi connectivity index (χ3n) is 2.11. The lowest BCUT2D eigenvalue weighted by atomic mass is 10.6. The standard InChI is InChI=1S/C11H15N7O/c1-3-5-6-19-11-16-9(13-4-2)15-10(17-11)18-8-12-7-14-18/h3,5,7-8H,4,6H2,1-2H3,(H,13,15,16,17)/b5-3+. The Morgan fingerprint density at radius 3 is 2.95 bits per heavy atom. The van der Waals surface area contributed by atoms with Crippen LogP contribution < -0.4 is 10.1 Å². The van der Waals surface area contributed by atoms with Gasteiger partial charge in [-0.15, -0.1) is 0 Å². The third-order valence-corrected chi connectivity index (χ3v) is 2.11. The van der Waals surface area contributed by atoms with Gasteiger partial charge in [-0.2, -0.15) is 24.7 Å². The van der Waals surface area contributed by atoms with E-state index in [2.05, 4.69) is 30.4 Å². The molecule has 8 nitrogen and oxygen atoms in total. The molecular weight excluding hydrogens is 246 g/mol. The van der Waals surface area contributed by atoms with Gasteiger partial charge in [-0.05, 0) is 13.8 Å². The monoisotopic (exact) mass is 261 g/mol. The third kappa shape index (κ3) is 3.47. The number of hydrogen-bond donors (Lipinski definition) is 1. The highest BCUT2D eigenvalue weighted by Gasteiger charge is 2.08. The van der Waals surface area contributed by atoms with Crippen LogP contribution in [0.25, 0.3) is 5.95 Å². The summed E-state index contributed by atoms with van der Waals surface area (Å²) in [5.74, 6) is 0.803. The fourth-order valence-electron chi connectivity index (χ4n) is 1.28. The summed E-state index contributed by atoms with van der Waals surface area (Å²) in [5.41, 5.74) is 0. The van der Waals surface area contributed by atoms with Gasteiger partial charge in [-0.3, -0.25) is 0 Å². The van der Waals surface area contributed by atoms with Crippen molar-refractivity contribution in [3.63, 3.8) is 0 Å². The molecule has 8 heteroatoms. The molecule has 0 atom stereocenters. The van der Waals surface area contributed by atoms with E-state index < -0.39 is 0 Å². The number of hydrogen-bond acceptors (Lipinski definition) is 7. The molecule has 0 saturated heterocycles. The van der Waals surface area contributed by atoms with Crippen molar-refractivity contribution in [2.45, 2.75) is 13.8 Å². The normalized spacial score (nSPS) is 10.8. The molecule has 1 N–H and O–H groups in total. The minimum Gasteiger partial charge on any atom is -0.459 e. The van der Waals surface area contributed by atoms with E-state index in [0.717, 1.165) is 0 Å². The number of nitrogens with one attached hydrogen (secondary N) is 1. The zero-order chi connectivity index (χ0) is 13.5. The maximum Gasteiger partial charge on any atom is 0.323 e. The number of aromatic nitrogens is 6. The van der Waals surface area contributed by atoms with Gasteiger partial charge in [0.15, 0.2) is 0 Å². The second-order valence-corrected chi connectivity index (χ2v) is 3.49. The molecule has 0 spiro atoms. The molecule has 0 amide bonds. The van der Waals surface area contributed by atoms with Crippen LogP contribution in [-0.2, 0) is 0 Å². The van der Waals surface area contributed by atoms with E-state index in [0.29, 0.717) is 25.0 Å². The molecule has 0 aliphatic heterocycles. The lowest BCUT2D eigenvalue weighted by Crippen LogP contribution is -2.11. The first-order valence-corrected chi connectivity index (χ1v) is 5.92. The Bertz CT molecular complexity index is 538. The molecule has 0 radical (unpaired) electrons. The summed E-state index contributed by atoms with van der Waals surface area (Å²) in [4.78, 5) is 16.4. The van der Waals surface area contributed by atoms with Crippen LogP contribution in [0.4, 0.5) is 5.95 Å². The van der Waals surface area contributed by atoms with Crippen LogP contribution >= 0.6 is 0 Å². The number of rotatable bonds is 6. The number of ether oxygens (including phenoxy) is 1. The van der Waals surface area contributed by atoms with E-state index >= 15 is 0 Å². The highest BCUT2D eigenvalue weighted by molar-refractivity contribution is 5.29. The molecule has 2 aromatic rings. The molecule has 19 heavy (non-hydrogen) atoms. The first-order valence-electron chi connectivity index (χ1n) is 5.92. The van der Waals surface area contributed by atoms with Gasteiger partial charge in [0.25, 0.3) is 5.95 Å². The maximum atomic E-state index is 5.42. The molecule has 0 aromatic carbocycles. The minimum absolute atomic E-state index is 0.245. The summed E-state index contributed by atoms with van der Waals surface area (Å²) in [7, 11) is 0. The van der Waals surface area contributed by atoms with Crippen LogP contribution in [0.5, 0.6) is 6.01 Å². The van der Waals surface area contributed by atoms with Crippen LogP contribution in [0.15, 0.2) is 24.8 Å². The van der Waals surface area contributed by atoms with Crippen molar-refractivity contribution in [2.24, 2.45) is 0 Å². The number of nitrogens with zero attached hydrogens (tertiary/aromatic N) is 6. The minimum atomic E-state index is 0.245. The van der Waals surface area contributed by atoms with E-state index in [1.54, 1.807) is 0 Å². The fourth-order valence-corrected chi connectivity index (χ4v) is 1.28. The topological polar surface area (TPSA) is 90.6 Å². The van der Waals surface area contributed by atoms with E-state index in [1.165, 1.54) is 17.3 Å². The summed E-state index contributed by atoms with van der Waals surface area (Å²) in [5, 5.41) is 7.00. The molecule has 2 aromatic heterocycles. The van der Waals surface area contributed by atoms with Gasteiger partial charge in [0.1, 0.15) is 19.3 Å². The van der Waals surface area contributed by atoms with Crippen molar-refractivity contribution in [1.29, 1.82) is 0 Å². The summed E-state index contributed by atoms with van der Waals surface area (Å²) in [6, 6.07) is 0.245. The van der Waals surface area contributed by atoms with E-state index in [9.17, 15) is 0 Å². The van der Waals surface area contributed by atoms with E-state index in [4.69, 9.17) is 4.74 Å². The lowest BCUT2D eigenvalue weighted by molar-refractivity contribution is 0.331. The Morgan fingerprint density at radius 2 is 2.26 bits per heavy atom. The van der Waals surface area contributed by atoms with Crippen molar-refractivity contribution in [1.82, 2.24) is 29.7 Å². The molecule has 2 heterocycles. The van der Waals surface area contributed by atoms with Gasteiger partial charge in [-0.1, -0.05) is 12.2 Å². The molecule has 0 unspecified atom stereocenters. The SMILES string of the molecule is C/C=C/COc1nc(NCC)nc(-n2cncn2)n1. The van der Waals surface area contributed by atoms with Gasteiger partial charge >= 0.3 is 6.01 Å². The van der Waals surface area contributed by atoms with Gasteiger partial charge in [-0.25, -0.2) is 4.98 Å². The van der Waals surface area contributed by atoms with Crippen molar-refractivity contribution in [3.8, 4) is 12.0 Å². The second kappa shape index (κ2) is 6.43. The molecule has 0 aliphatic carbocycles. The van der Waals surface area contributed by atoms with Crippen LogP contribution in [0.3, 0.4) is 0 Å². The predicted octanol–water partition coefficient (Wildman–Crippen LogP) is 0.839. The van der Waals surface area contributed by atoms with Crippen LogP contribution in [0.2, 0.25) is 0 Å². The molecule has 100 valence electrons. The zero-order valence-electron chi connectivity index (χ0n) is 10.8. The van der Waals surface area contributed by atoms with Crippen molar-refractivity contribution in [3.05, 3.63) is 24.8 Å². The fraction of sp³-hybridized carbons (Fsp3) is 0.364. The Balaban J connectivity index is 2.27. The van der Waals surface area contributed by atoms with Gasteiger partial charge in [0.05, 0.1) is 0 Å². The number of anilines is 1. The smallest absolute Gasteiger partial charge is 0.323 e. The quantitative estimate of drug-likeness (QED) is 0.770. The summed E-state index contributed by atoms with van der Waals surface area (Å²) in [6.07, 6.45) is 6.69. The molecule has 0 saturated carbocycles. The van der Waals surface area contributed by atoms with Crippen molar-refractivity contribution in [2.75, 3.05) is 18.5 Å². The molecular formula is C11H15N7O. The van der Waals surface area contributed by atoms with Gasteiger partial charge in [0.2, 0.25) is 5.95 Å². The molecule has 0 bridgehead atoms. The first kappa shape index (κ1) is 12.9. The lowest BCUT2D eigenvalue weighted by Gasteiger charge is -2.07. The molecule has 0 fully saturated rings. The number of allylic oxidation sites excluding steroid dienone is 1. The Labute approximate surface area is 110 Å². The largest absolute Gasteiger partial charge is 0.459 e. The Kier molecular flexibility index (Phi) is 4.38. The Morgan fingerprint density at radius 1 is 1.37 bits per heavy atom.